The second-order valence-electron chi connectivity index (χ2n) is 5.11. The smallest absolute Gasteiger partial charge is 0.306 e. The van der Waals surface area contributed by atoms with E-state index in [0.29, 0.717) is 24.0 Å². The van der Waals surface area contributed by atoms with E-state index < -0.39 is 21.9 Å². The summed E-state index contributed by atoms with van der Waals surface area (Å²) in [6.07, 6.45) is 0.647. The second kappa shape index (κ2) is 5.84. The van der Waals surface area contributed by atoms with E-state index in [2.05, 4.69) is 0 Å². The standard InChI is InChI=1S/C14H16N2O4S/c1-10-8-11(9-15)2-3-13(10)21(19,20)16-6-4-12(5-7-16)14(17)18/h2-3,8,12H,4-7H2,1H3,(H,17,18). The van der Waals surface area contributed by atoms with Gasteiger partial charge in [-0.05, 0) is 43.5 Å². The fraction of sp³-hybridized carbons (Fsp3) is 0.429. The molecule has 1 saturated heterocycles. The highest BCUT2D eigenvalue weighted by Gasteiger charge is 2.32. The van der Waals surface area contributed by atoms with Crippen molar-refractivity contribution in [3.63, 3.8) is 0 Å². The number of aliphatic carboxylic acids is 1. The number of hydrogen-bond donors (Lipinski definition) is 1. The van der Waals surface area contributed by atoms with E-state index in [4.69, 9.17) is 10.4 Å². The van der Waals surface area contributed by atoms with Crippen LogP contribution in [0.15, 0.2) is 23.1 Å². The molecule has 0 saturated carbocycles. The molecule has 1 aromatic carbocycles. The van der Waals surface area contributed by atoms with Gasteiger partial charge in [-0.3, -0.25) is 4.79 Å². The number of carboxylic acid groups (broad SMARTS) is 1. The summed E-state index contributed by atoms with van der Waals surface area (Å²) in [6, 6.07) is 6.42. The molecule has 0 aromatic heterocycles. The van der Waals surface area contributed by atoms with Gasteiger partial charge in [0.2, 0.25) is 10.0 Å². The lowest BCUT2D eigenvalue weighted by atomic mass is 9.99. The van der Waals surface area contributed by atoms with E-state index in [-0.39, 0.29) is 18.0 Å². The van der Waals surface area contributed by atoms with Crippen LogP contribution in [0, 0.1) is 24.2 Å². The van der Waals surface area contributed by atoms with E-state index in [0.717, 1.165) is 0 Å². The molecule has 1 N–H and O–H groups in total. The number of hydrogen-bond acceptors (Lipinski definition) is 4. The van der Waals surface area contributed by atoms with Crippen LogP contribution in [0.3, 0.4) is 0 Å². The van der Waals surface area contributed by atoms with Gasteiger partial charge in [-0.25, -0.2) is 8.42 Å². The topological polar surface area (TPSA) is 98.5 Å². The maximum atomic E-state index is 12.6. The molecule has 1 aromatic rings. The van der Waals surface area contributed by atoms with Gasteiger partial charge in [-0.15, -0.1) is 0 Å². The Labute approximate surface area is 123 Å². The van der Waals surface area contributed by atoms with Crippen molar-refractivity contribution in [2.75, 3.05) is 13.1 Å². The van der Waals surface area contributed by atoms with Crippen LogP contribution in [0.1, 0.15) is 24.0 Å². The third kappa shape index (κ3) is 3.06. The minimum absolute atomic E-state index is 0.176. The van der Waals surface area contributed by atoms with Crippen LogP contribution in [0.5, 0.6) is 0 Å². The molecular weight excluding hydrogens is 292 g/mol. The molecule has 1 fully saturated rings. The molecule has 0 radical (unpaired) electrons. The van der Waals surface area contributed by atoms with Crippen molar-refractivity contribution in [2.45, 2.75) is 24.7 Å². The minimum Gasteiger partial charge on any atom is -0.481 e. The predicted octanol–water partition coefficient (Wildman–Crippen LogP) is 1.35. The Morgan fingerprint density at radius 1 is 1.38 bits per heavy atom. The molecule has 7 heteroatoms. The van der Waals surface area contributed by atoms with Gasteiger partial charge in [0, 0.05) is 13.1 Å². The Morgan fingerprint density at radius 3 is 2.48 bits per heavy atom. The maximum absolute atomic E-state index is 12.6. The quantitative estimate of drug-likeness (QED) is 0.908. The number of rotatable bonds is 3. The van der Waals surface area contributed by atoms with E-state index in [1.54, 1.807) is 6.92 Å². The maximum Gasteiger partial charge on any atom is 0.306 e. The Bertz CT molecular complexity index is 698. The van der Waals surface area contributed by atoms with Crippen molar-refractivity contribution in [3.8, 4) is 6.07 Å². The largest absolute Gasteiger partial charge is 0.481 e. The summed E-state index contributed by atoms with van der Waals surface area (Å²) in [5.41, 5.74) is 0.936. The molecule has 1 heterocycles. The first-order valence-electron chi connectivity index (χ1n) is 6.60. The molecular formula is C14H16N2O4S. The summed E-state index contributed by atoms with van der Waals surface area (Å²) in [6.45, 7) is 2.06. The summed E-state index contributed by atoms with van der Waals surface area (Å²) in [7, 11) is -3.64. The summed E-state index contributed by atoms with van der Waals surface area (Å²) in [5.74, 6) is -1.35. The molecule has 0 atom stereocenters. The molecule has 0 amide bonds. The van der Waals surface area contributed by atoms with Crippen LogP contribution in [-0.4, -0.2) is 36.9 Å². The van der Waals surface area contributed by atoms with Crippen molar-refractivity contribution >= 4 is 16.0 Å². The van der Waals surface area contributed by atoms with Crippen molar-refractivity contribution in [1.29, 1.82) is 5.26 Å². The molecule has 0 unspecified atom stereocenters. The van der Waals surface area contributed by atoms with Crippen molar-refractivity contribution in [3.05, 3.63) is 29.3 Å². The number of nitriles is 1. The summed E-state index contributed by atoms with van der Waals surface area (Å²) >= 11 is 0. The summed E-state index contributed by atoms with van der Waals surface area (Å²) < 4.78 is 26.5. The number of carbonyl (C=O) groups is 1. The number of piperidine rings is 1. The third-order valence-corrected chi connectivity index (χ3v) is 5.78. The molecule has 6 nitrogen and oxygen atoms in total. The summed E-state index contributed by atoms with van der Waals surface area (Å²) in [5, 5.41) is 17.8. The lowest BCUT2D eigenvalue weighted by Crippen LogP contribution is -2.40. The van der Waals surface area contributed by atoms with Crippen LogP contribution in [0.2, 0.25) is 0 Å². The zero-order chi connectivity index (χ0) is 15.6. The normalized spacial score (nSPS) is 17.3. The van der Waals surface area contributed by atoms with Gasteiger partial charge in [-0.1, -0.05) is 0 Å². The van der Waals surface area contributed by atoms with Crippen LogP contribution in [-0.2, 0) is 14.8 Å². The van der Waals surface area contributed by atoms with E-state index in [1.165, 1.54) is 22.5 Å². The van der Waals surface area contributed by atoms with Gasteiger partial charge in [0.25, 0.3) is 0 Å². The molecule has 0 aliphatic carbocycles. The van der Waals surface area contributed by atoms with Gasteiger partial charge >= 0.3 is 5.97 Å². The van der Waals surface area contributed by atoms with Crippen LogP contribution >= 0.6 is 0 Å². The minimum atomic E-state index is -3.64. The number of carboxylic acids is 1. The van der Waals surface area contributed by atoms with E-state index in [9.17, 15) is 13.2 Å². The van der Waals surface area contributed by atoms with Gasteiger partial charge < -0.3 is 5.11 Å². The van der Waals surface area contributed by atoms with Crippen molar-refractivity contribution in [2.24, 2.45) is 5.92 Å². The lowest BCUT2D eigenvalue weighted by molar-refractivity contribution is -0.142. The molecule has 0 bridgehead atoms. The first-order chi connectivity index (χ1) is 9.86. The van der Waals surface area contributed by atoms with Gasteiger partial charge in [0.15, 0.2) is 0 Å². The average molecular weight is 308 g/mol. The lowest BCUT2D eigenvalue weighted by Gasteiger charge is -2.29. The van der Waals surface area contributed by atoms with Gasteiger partial charge in [-0.2, -0.15) is 9.57 Å². The Kier molecular flexibility index (Phi) is 4.30. The Balaban J connectivity index is 2.24. The fourth-order valence-corrected chi connectivity index (χ4v) is 4.17. The van der Waals surface area contributed by atoms with E-state index in [1.807, 2.05) is 6.07 Å². The highest BCUT2D eigenvalue weighted by Crippen LogP contribution is 2.26. The van der Waals surface area contributed by atoms with Crippen LogP contribution in [0.25, 0.3) is 0 Å². The van der Waals surface area contributed by atoms with Crippen molar-refractivity contribution < 1.29 is 18.3 Å². The van der Waals surface area contributed by atoms with Gasteiger partial charge in [0.1, 0.15) is 0 Å². The van der Waals surface area contributed by atoms with Crippen LogP contribution in [0.4, 0.5) is 0 Å². The number of nitrogens with zero attached hydrogens (tertiary/aromatic N) is 2. The summed E-state index contributed by atoms with van der Waals surface area (Å²) in [4.78, 5) is 11.1. The average Bonchev–Trinajstić information content (AvgIpc) is 2.46. The molecule has 0 spiro atoms. The molecule has 1 aliphatic heterocycles. The third-order valence-electron chi connectivity index (χ3n) is 3.73. The predicted molar refractivity (Wildman–Crippen MR) is 75.0 cm³/mol. The van der Waals surface area contributed by atoms with Crippen LogP contribution < -0.4 is 0 Å². The number of benzene rings is 1. The first kappa shape index (κ1) is 15.5. The molecule has 112 valence electrons. The SMILES string of the molecule is Cc1cc(C#N)ccc1S(=O)(=O)N1CCC(C(=O)O)CC1. The fourth-order valence-electron chi connectivity index (χ4n) is 2.49. The van der Waals surface area contributed by atoms with E-state index >= 15 is 0 Å². The Hall–Kier alpha value is -1.91. The molecule has 1 aliphatic rings. The number of sulfonamides is 1. The number of aryl methyl sites for hydroxylation is 1. The van der Waals surface area contributed by atoms with Crippen molar-refractivity contribution in [1.82, 2.24) is 4.31 Å². The Morgan fingerprint density at radius 2 is 2.00 bits per heavy atom. The zero-order valence-electron chi connectivity index (χ0n) is 11.6. The zero-order valence-corrected chi connectivity index (χ0v) is 12.4. The highest BCUT2D eigenvalue weighted by molar-refractivity contribution is 7.89. The monoisotopic (exact) mass is 308 g/mol. The van der Waals surface area contributed by atoms with Gasteiger partial charge in [0.05, 0.1) is 22.4 Å². The molecule has 21 heavy (non-hydrogen) atoms. The second-order valence-corrected chi connectivity index (χ2v) is 7.02. The molecule has 2 rings (SSSR count). The highest BCUT2D eigenvalue weighted by atomic mass is 32.2. The first-order valence-corrected chi connectivity index (χ1v) is 8.04.